The number of hydrogen-bond acceptors (Lipinski definition) is 2. The van der Waals surface area contributed by atoms with E-state index < -0.39 is 23.5 Å². The smallest absolute Gasteiger partial charge is 0.247 e. The molecule has 0 bridgehead atoms. The molecule has 2 heterocycles. The van der Waals surface area contributed by atoms with Crippen LogP contribution in [0.25, 0.3) is 0 Å². The summed E-state index contributed by atoms with van der Waals surface area (Å²) >= 11 is 0. The molecule has 0 aliphatic carbocycles. The Labute approximate surface area is 133 Å². The van der Waals surface area contributed by atoms with Crippen molar-refractivity contribution >= 4 is 0 Å². The van der Waals surface area contributed by atoms with Crippen LogP contribution in [0.1, 0.15) is 22.5 Å². The molecular formula is C16H8F6N2. The van der Waals surface area contributed by atoms with Crippen molar-refractivity contribution in [1.82, 2.24) is 9.97 Å². The molecule has 2 rings (SSSR count). The predicted molar refractivity (Wildman–Crippen MR) is 74.3 cm³/mol. The lowest BCUT2D eigenvalue weighted by molar-refractivity contribution is -0.138. The Bertz CT molecular complexity index is 711. The summed E-state index contributed by atoms with van der Waals surface area (Å²) in [6.07, 6.45) is 3.28. The van der Waals surface area contributed by atoms with Gasteiger partial charge in [-0.25, -0.2) is 9.97 Å². The Kier molecular flexibility index (Phi) is 5.96. The van der Waals surface area contributed by atoms with E-state index in [-0.39, 0.29) is 11.4 Å². The van der Waals surface area contributed by atoms with Gasteiger partial charge in [-0.1, -0.05) is 0 Å². The highest BCUT2D eigenvalue weighted by atomic mass is 19.4. The second-order valence-corrected chi connectivity index (χ2v) is 4.08. The number of aromatic nitrogens is 2. The molecule has 2 aromatic heterocycles. The Morgan fingerprint density at radius 3 is 1.25 bits per heavy atom. The molecule has 0 amide bonds. The Morgan fingerprint density at radius 1 is 0.708 bits per heavy atom. The van der Waals surface area contributed by atoms with Crippen molar-refractivity contribution < 1.29 is 26.3 Å². The first-order valence-corrected chi connectivity index (χ1v) is 6.09. The molecule has 0 N–H and O–H groups in total. The van der Waals surface area contributed by atoms with E-state index in [4.69, 9.17) is 12.8 Å². The van der Waals surface area contributed by atoms with E-state index in [1.165, 1.54) is 24.5 Å². The molecule has 124 valence electrons. The first kappa shape index (κ1) is 19.0. The molecule has 24 heavy (non-hydrogen) atoms. The van der Waals surface area contributed by atoms with Crippen LogP contribution in [-0.2, 0) is 12.4 Å². The van der Waals surface area contributed by atoms with Crippen molar-refractivity contribution in [2.45, 2.75) is 12.4 Å². The average molecular weight is 342 g/mol. The largest absolute Gasteiger partial charge is 0.419 e. The molecule has 2 nitrogen and oxygen atoms in total. The highest BCUT2D eigenvalue weighted by molar-refractivity contribution is 5.35. The minimum Gasteiger partial charge on any atom is -0.247 e. The number of halogens is 6. The van der Waals surface area contributed by atoms with Crippen LogP contribution in [0.3, 0.4) is 0 Å². The van der Waals surface area contributed by atoms with Crippen molar-refractivity contribution in [1.29, 1.82) is 0 Å². The second kappa shape index (κ2) is 7.51. The molecule has 0 fully saturated rings. The van der Waals surface area contributed by atoms with Gasteiger partial charge in [0.2, 0.25) is 0 Å². The number of nitrogens with zero attached hydrogens (tertiary/aromatic N) is 2. The van der Waals surface area contributed by atoms with Gasteiger partial charge in [-0.2, -0.15) is 26.3 Å². The fourth-order valence-corrected chi connectivity index (χ4v) is 1.50. The minimum atomic E-state index is -4.42. The molecule has 0 aromatic carbocycles. The third-order valence-corrected chi connectivity index (χ3v) is 2.50. The number of terminal acetylenes is 2. The summed E-state index contributed by atoms with van der Waals surface area (Å²) in [4.78, 5) is 6.82. The van der Waals surface area contributed by atoms with Crippen molar-refractivity contribution in [2.75, 3.05) is 0 Å². The molecular weight excluding hydrogens is 334 g/mol. The van der Waals surface area contributed by atoms with Crippen LogP contribution >= 0.6 is 0 Å². The summed E-state index contributed by atoms with van der Waals surface area (Å²) in [7, 11) is 0. The lowest BCUT2D eigenvalue weighted by atomic mass is 10.2. The zero-order valence-corrected chi connectivity index (χ0v) is 11.8. The molecule has 0 unspecified atom stereocenters. The average Bonchev–Trinajstić information content (AvgIpc) is 2.53. The van der Waals surface area contributed by atoms with Gasteiger partial charge in [-0.15, -0.1) is 12.8 Å². The molecule has 0 saturated heterocycles. The maximum atomic E-state index is 12.1. The van der Waals surface area contributed by atoms with Crippen molar-refractivity contribution in [2.24, 2.45) is 0 Å². The first-order chi connectivity index (χ1) is 11.1. The van der Waals surface area contributed by atoms with Crippen molar-refractivity contribution in [3.63, 3.8) is 0 Å². The van der Waals surface area contributed by atoms with Crippen LogP contribution in [0.2, 0.25) is 0 Å². The van der Waals surface area contributed by atoms with Gasteiger partial charge in [0.15, 0.2) is 0 Å². The molecule has 0 aliphatic heterocycles. The van der Waals surface area contributed by atoms with E-state index in [0.717, 1.165) is 12.1 Å². The third kappa shape index (κ3) is 5.03. The first-order valence-electron chi connectivity index (χ1n) is 6.09. The number of hydrogen-bond donors (Lipinski definition) is 0. The summed E-state index contributed by atoms with van der Waals surface area (Å²) in [5, 5.41) is 0. The Balaban J connectivity index is 0.000000240. The molecule has 0 radical (unpaired) electrons. The molecule has 2 aromatic rings. The van der Waals surface area contributed by atoms with Crippen LogP contribution in [0, 0.1) is 24.7 Å². The van der Waals surface area contributed by atoms with Gasteiger partial charge >= 0.3 is 12.4 Å². The van der Waals surface area contributed by atoms with Gasteiger partial charge in [-0.3, -0.25) is 0 Å². The summed E-state index contributed by atoms with van der Waals surface area (Å²) in [5.74, 6) is 3.74. The lowest BCUT2D eigenvalue weighted by Crippen LogP contribution is -2.08. The van der Waals surface area contributed by atoms with E-state index >= 15 is 0 Å². The summed E-state index contributed by atoms with van der Waals surface area (Å²) in [6, 6.07) is 4.21. The lowest BCUT2D eigenvalue weighted by Gasteiger charge is -2.06. The molecule has 8 heteroatoms. The molecule has 0 atom stereocenters. The number of rotatable bonds is 0. The van der Waals surface area contributed by atoms with E-state index in [9.17, 15) is 26.3 Å². The summed E-state index contributed by atoms with van der Waals surface area (Å²) < 4.78 is 72.6. The SMILES string of the molecule is C#Cc1ncccc1C(F)(F)F.C#Cc1ncccc1C(F)(F)F. The predicted octanol–water partition coefficient (Wildman–Crippen LogP) is 4.16. The minimum absolute atomic E-state index is 0.370. The van der Waals surface area contributed by atoms with Crippen molar-refractivity contribution in [3.8, 4) is 24.7 Å². The standard InChI is InChI=1S/2C8H4F3N/c2*1-2-7-6(8(9,10)11)4-3-5-12-7/h2*1,3-5H. The fraction of sp³-hybridized carbons (Fsp3) is 0.125. The topological polar surface area (TPSA) is 25.8 Å². The van der Waals surface area contributed by atoms with E-state index in [1.807, 2.05) is 11.8 Å². The van der Waals surface area contributed by atoms with Crippen molar-refractivity contribution in [3.05, 3.63) is 59.2 Å². The van der Waals surface area contributed by atoms with Gasteiger partial charge in [-0.05, 0) is 36.1 Å². The van der Waals surface area contributed by atoms with E-state index in [0.29, 0.717) is 0 Å². The van der Waals surface area contributed by atoms with Gasteiger partial charge in [0.25, 0.3) is 0 Å². The van der Waals surface area contributed by atoms with Gasteiger partial charge in [0, 0.05) is 12.4 Å². The van der Waals surface area contributed by atoms with Gasteiger partial charge < -0.3 is 0 Å². The monoisotopic (exact) mass is 342 g/mol. The van der Waals surface area contributed by atoms with Gasteiger partial charge in [0.05, 0.1) is 11.1 Å². The zero-order chi connectivity index (χ0) is 18.4. The van der Waals surface area contributed by atoms with Gasteiger partial charge in [0.1, 0.15) is 11.4 Å². The molecule has 0 spiro atoms. The second-order valence-electron chi connectivity index (χ2n) is 4.08. The Morgan fingerprint density at radius 2 is 1.04 bits per heavy atom. The number of pyridine rings is 2. The Hall–Kier alpha value is -3.00. The van der Waals surface area contributed by atoms with Crippen LogP contribution in [0.5, 0.6) is 0 Å². The van der Waals surface area contributed by atoms with Crippen LogP contribution in [0.15, 0.2) is 36.7 Å². The van der Waals surface area contributed by atoms with Crippen LogP contribution < -0.4 is 0 Å². The fourth-order valence-electron chi connectivity index (χ4n) is 1.50. The van der Waals surface area contributed by atoms with E-state index in [2.05, 4.69) is 9.97 Å². The summed E-state index contributed by atoms with van der Waals surface area (Å²) in [6.45, 7) is 0. The molecule has 0 aliphatic rings. The van der Waals surface area contributed by atoms with E-state index in [1.54, 1.807) is 0 Å². The van der Waals surface area contributed by atoms with Crippen LogP contribution in [0.4, 0.5) is 26.3 Å². The highest BCUT2D eigenvalue weighted by Crippen LogP contribution is 2.31. The van der Waals surface area contributed by atoms with Crippen LogP contribution in [-0.4, -0.2) is 9.97 Å². The third-order valence-electron chi connectivity index (χ3n) is 2.50. The quantitative estimate of drug-likeness (QED) is 0.531. The summed E-state index contributed by atoms with van der Waals surface area (Å²) in [5.41, 5.74) is -2.48. The normalized spacial score (nSPS) is 10.8. The maximum Gasteiger partial charge on any atom is 0.419 e. The molecule has 0 saturated carbocycles. The zero-order valence-electron chi connectivity index (χ0n) is 11.8. The number of alkyl halides is 6. The maximum absolute atomic E-state index is 12.1. The highest BCUT2D eigenvalue weighted by Gasteiger charge is 2.34.